The van der Waals surface area contributed by atoms with Gasteiger partial charge in [0.25, 0.3) is 11.1 Å². The van der Waals surface area contributed by atoms with Crippen molar-refractivity contribution in [1.82, 2.24) is 19.1 Å². The maximum Gasteiger partial charge on any atom is 0.332 e. The number of nitrogens with zero attached hydrogens (tertiary/aromatic N) is 3. The number of aromatic amines is 1. The summed E-state index contributed by atoms with van der Waals surface area (Å²) in [6, 6.07) is 6.96. The van der Waals surface area contributed by atoms with E-state index >= 15 is 0 Å². The van der Waals surface area contributed by atoms with Crippen molar-refractivity contribution in [3.05, 3.63) is 72.3 Å². The minimum absolute atomic E-state index is 0.0321. The van der Waals surface area contributed by atoms with Crippen LogP contribution in [-0.2, 0) is 20.5 Å². The Balaban J connectivity index is 2.12. The van der Waals surface area contributed by atoms with E-state index in [1.165, 1.54) is 14.1 Å². The van der Waals surface area contributed by atoms with Crippen molar-refractivity contribution in [3.8, 4) is 0 Å². The zero-order chi connectivity index (χ0) is 18.3. The summed E-state index contributed by atoms with van der Waals surface area (Å²) in [5.74, 6) is -0.279. The molecule has 0 spiro atoms. The lowest BCUT2D eigenvalue weighted by Gasteiger charge is -2.07. The van der Waals surface area contributed by atoms with Gasteiger partial charge in [-0.2, -0.15) is 0 Å². The second-order valence-corrected chi connectivity index (χ2v) is 5.88. The number of carbonyl (C=O) groups is 1. The lowest BCUT2D eigenvalue weighted by molar-refractivity contribution is 0.0991. The lowest BCUT2D eigenvalue weighted by atomic mass is 10.1. The van der Waals surface area contributed by atoms with Gasteiger partial charge in [-0.1, -0.05) is 29.8 Å². The molecular weight excluding hydrogens is 324 g/mol. The predicted molar refractivity (Wildman–Crippen MR) is 92.1 cm³/mol. The van der Waals surface area contributed by atoms with Gasteiger partial charge >= 0.3 is 5.69 Å². The highest BCUT2D eigenvalue weighted by atomic mass is 16.2. The van der Waals surface area contributed by atoms with Crippen molar-refractivity contribution in [3.63, 3.8) is 0 Å². The number of aryl methyl sites for hydroxylation is 2. The van der Waals surface area contributed by atoms with Gasteiger partial charge in [0.2, 0.25) is 0 Å². The van der Waals surface area contributed by atoms with Gasteiger partial charge in [0.05, 0.1) is 6.42 Å². The third-order valence-corrected chi connectivity index (χ3v) is 4.08. The molecule has 0 amide bonds. The largest absolute Gasteiger partial charge is 0.332 e. The molecule has 128 valence electrons. The van der Waals surface area contributed by atoms with Gasteiger partial charge in [0.15, 0.2) is 11.3 Å². The van der Waals surface area contributed by atoms with Crippen molar-refractivity contribution < 1.29 is 4.79 Å². The summed E-state index contributed by atoms with van der Waals surface area (Å²) in [7, 11) is 2.76. The van der Waals surface area contributed by atoms with E-state index in [1.54, 1.807) is 24.3 Å². The van der Waals surface area contributed by atoms with Crippen LogP contribution in [0.15, 0.2) is 38.6 Å². The van der Waals surface area contributed by atoms with Crippen molar-refractivity contribution >= 4 is 16.9 Å². The Morgan fingerprint density at radius 1 is 1.08 bits per heavy atom. The van der Waals surface area contributed by atoms with Gasteiger partial charge < -0.3 is 4.98 Å². The fraction of sp³-hybridized carbons (Fsp3) is 0.235. The number of nitrogens with one attached hydrogen (secondary N) is 1. The molecule has 0 saturated heterocycles. The molecule has 8 nitrogen and oxygen atoms in total. The van der Waals surface area contributed by atoms with E-state index in [-0.39, 0.29) is 29.1 Å². The molecule has 0 radical (unpaired) electrons. The van der Waals surface area contributed by atoms with Crippen LogP contribution in [0.1, 0.15) is 21.6 Å². The van der Waals surface area contributed by atoms with Gasteiger partial charge in [0, 0.05) is 19.7 Å². The number of aromatic nitrogens is 4. The molecule has 0 aliphatic heterocycles. The van der Waals surface area contributed by atoms with Crippen LogP contribution in [0.4, 0.5) is 0 Å². The first-order valence-corrected chi connectivity index (χ1v) is 7.58. The van der Waals surface area contributed by atoms with Gasteiger partial charge in [0.1, 0.15) is 11.3 Å². The first-order chi connectivity index (χ1) is 11.8. The number of Topliss-reactive ketones (excluding diaryl/α,β-unsaturated/α-hetero) is 1. The topological polar surface area (TPSA) is 107 Å². The molecule has 8 heteroatoms. The Kier molecular flexibility index (Phi) is 3.96. The van der Waals surface area contributed by atoms with Crippen molar-refractivity contribution in [2.24, 2.45) is 14.1 Å². The highest BCUT2D eigenvalue weighted by molar-refractivity contribution is 5.97. The monoisotopic (exact) mass is 340 g/mol. The van der Waals surface area contributed by atoms with Gasteiger partial charge in [-0.15, -0.1) is 0 Å². The van der Waals surface area contributed by atoms with Crippen LogP contribution in [0.3, 0.4) is 0 Å². The molecule has 25 heavy (non-hydrogen) atoms. The number of ketones is 1. The summed E-state index contributed by atoms with van der Waals surface area (Å²) < 4.78 is 2.04. The molecule has 2 heterocycles. The molecule has 3 rings (SSSR count). The third kappa shape index (κ3) is 2.82. The molecule has 1 N–H and O–H groups in total. The van der Waals surface area contributed by atoms with Crippen LogP contribution in [0.2, 0.25) is 0 Å². The molecule has 1 aromatic carbocycles. The molecule has 3 aromatic rings. The fourth-order valence-corrected chi connectivity index (χ4v) is 2.55. The summed E-state index contributed by atoms with van der Waals surface area (Å²) in [6.07, 6.45) is -0.236. The second-order valence-electron chi connectivity index (χ2n) is 5.88. The summed E-state index contributed by atoms with van der Waals surface area (Å²) in [5, 5.41) is 0. The number of fused-ring (bicyclic) bond motifs is 1. The Morgan fingerprint density at radius 3 is 2.36 bits per heavy atom. The molecule has 0 atom stereocenters. The van der Waals surface area contributed by atoms with E-state index in [2.05, 4.69) is 9.97 Å². The number of hydrogen-bond acceptors (Lipinski definition) is 5. The maximum absolute atomic E-state index is 12.4. The van der Waals surface area contributed by atoms with E-state index in [0.29, 0.717) is 5.56 Å². The van der Waals surface area contributed by atoms with Crippen LogP contribution < -0.4 is 16.8 Å². The Labute approximate surface area is 141 Å². The van der Waals surface area contributed by atoms with Crippen LogP contribution >= 0.6 is 0 Å². The predicted octanol–water partition coefficient (Wildman–Crippen LogP) is 0.0543. The van der Waals surface area contributed by atoms with E-state index in [0.717, 1.165) is 14.7 Å². The summed E-state index contributed by atoms with van der Waals surface area (Å²) >= 11 is 0. The minimum Gasteiger partial charge on any atom is -0.305 e. The van der Waals surface area contributed by atoms with E-state index in [9.17, 15) is 19.2 Å². The zero-order valence-corrected chi connectivity index (χ0v) is 14.0. The summed E-state index contributed by atoms with van der Waals surface area (Å²) in [4.78, 5) is 55.3. The maximum atomic E-state index is 12.4. The van der Waals surface area contributed by atoms with Crippen LogP contribution in [0.25, 0.3) is 11.2 Å². The normalized spacial score (nSPS) is 11.0. The van der Waals surface area contributed by atoms with Crippen molar-refractivity contribution in [2.75, 3.05) is 0 Å². The molecule has 2 aromatic heterocycles. The highest BCUT2D eigenvalue weighted by Crippen LogP contribution is 2.07. The number of carbonyl (C=O) groups excluding carboxylic acids is 1. The highest BCUT2D eigenvalue weighted by Gasteiger charge is 2.16. The Bertz CT molecular complexity index is 1170. The van der Waals surface area contributed by atoms with Crippen LogP contribution in [-0.4, -0.2) is 24.9 Å². The second kappa shape index (κ2) is 5.97. The van der Waals surface area contributed by atoms with Gasteiger partial charge in [-0.3, -0.25) is 23.5 Å². The summed E-state index contributed by atoms with van der Waals surface area (Å²) in [6.45, 7) is 1.91. The van der Waals surface area contributed by atoms with E-state index in [4.69, 9.17) is 0 Å². The quantitative estimate of drug-likeness (QED) is 0.678. The molecule has 0 unspecified atom stereocenters. The smallest absolute Gasteiger partial charge is 0.305 e. The average molecular weight is 340 g/mol. The van der Waals surface area contributed by atoms with E-state index < -0.39 is 16.8 Å². The molecular formula is C17H16N4O4. The number of rotatable bonds is 3. The third-order valence-electron chi connectivity index (χ3n) is 4.08. The molecule has 0 saturated carbocycles. The molecule has 0 fully saturated rings. The van der Waals surface area contributed by atoms with Crippen molar-refractivity contribution in [2.45, 2.75) is 13.3 Å². The Morgan fingerprint density at radius 2 is 1.72 bits per heavy atom. The zero-order valence-electron chi connectivity index (χ0n) is 14.0. The lowest BCUT2D eigenvalue weighted by Crippen LogP contribution is -2.39. The van der Waals surface area contributed by atoms with E-state index in [1.807, 2.05) is 6.92 Å². The first-order valence-electron chi connectivity index (χ1n) is 7.58. The van der Waals surface area contributed by atoms with Gasteiger partial charge in [-0.05, 0) is 6.92 Å². The Hall–Kier alpha value is -3.29. The summed E-state index contributed by atoms with van der Waals surface area (Å²) in [5.41, 5.74) is -0.412. The number of H-pyrrole nitrogens is 1. The molecule has 0 bridgehead atoms. The van der Waals surface area contributed by atoms with Crippen LogP contribution in [0, 0.1) is 6.92 Å². The SMILES string of the molecule is Cc1ccc(C(=O)Cc2nc3c(=O)n(C)c(=O)n(C)c3[nH]c2=O)cc1. The first kappa shape index (κ1) is 16.6. The minimum atomic E-state index is -0.626. The average Bonchev–Trinajstić information content (AvgIpc) is 2.60. The molecule has 0 aliphatic rings. The van der Waals surface area contributed by atoms with Crippen molar-refractivity contribution in [1.29, 1.82) is 0 Å². The molecule has 0 aliphatic carbocycles. The number of benzene rings is 1. The van der Waals surface area contributed by atoms with Gasteiger partial charge in [-0.25, -0.2) is 9.78 Å². The fourth-order valence-electron chi connectivity index (χ4n) is 2.55. The number of hydrogen-bond donors (Lipinski definition) is 1. The van der Waals surface area contributed by atoms with Crippen LogP contribution in [0.5, 0.6) is 0 Å². The standard InChI is InChI=1S/C17H16N4O4/c1-9-4-6-10(7-5-9)12(22)8-11-15(23)19-14-13(18-11)16(24)21(3)17(25)20(14)2/h4-7H,8H2,1-3H3,(H,19,23).